The number of phenols is 1. The molecule has 0 aromatic heterocycles. The van der Waals surface area contributed by atoms with Crippen molar-refractivity contribution in [3.05, 3.63) is 64.5 Å². The van der Waals surface area contributed by atoms with Crippen molar-refractivity contribution >= 4 is 52.5 Å². The van der Waals surface area contributed by atoms with Gasteiger partial charge in [0, 0.05) is 18.5 Å². The number of aromatic hydroxyl groups is 1. The third-order valence-electron chi connectivity index (χ3n) is 9.08. The molecule has 232 valence electrons. The van der Waals surface area contributed by atoms with Crippen LogP contribution in [0.2, 0.25) is 0 Å². The van der Waals surface area contributed by atoms with Crippen molar-refractivity contribution in [3.8, 4) is 11.5 Å². The van der Waals surface area contributed by atoms with E-state index < -0.39 is 104 Å². The maximum absolute atomic E-state index is 15.1. The third-order valence-corrected chi connectivity index (χ3v) is 10.5. The molecule has 1 N–H and O–H groups in total. The molecule has 2 saturated heterocycles. The Morgan fingerprint density at radius 2 is 1.55 bits per heavy atom. The van der Waals surface area contributed by atoms with E-state index in [1.807, 2.05) is 0 Å². The van der Waals surface area contributed by atoms with Gasteiger partial charge in [-0.15, -0.1) is 23.2 Å². The van der Waals surface area contributed by atoms with Gasteiger partial charge in [-0.2, -0.15) is 0 Å². The Kier molecular flexibility index (Phi) is 6.82. The van der Waals surface area contributed by atoms with Crippen LogP contribution in [-0.4, -0.2) is 57.0 Å². The molecular weight excluding hydrogens is 638 g/mol. The molecule has 2 aromatic rings. The number of imide groups is 2. The lowest BCUT2D eigenvalue weighted by atomic mass is 9.56. The summed E-state index contributed by atoms with van der Waals surface area (Å²) in [6.45, 7) is 1.72. The number of rotatable bonds is 4. The minimum atomic E-state index is -2.74. The second-order valence-corrected chi connectivity index (χ2v) is 12.3. The van der Waals surface area contributed by atoms with Crippen molar-refractivity contribution in [2.75, 3.05) is 18.6 Å². The lowest BCUT2D eigenvalue weighted by Gasteiger charge is -2.50. The highest BCUT2D eigenvalue weighted by Gasteiger charge is 2.77. The first-order valence-corrected chi connectivity index (χ1v) is 14.1. The van der Waals surface area contributed by atoms with Crippen LogP contribution >= 0.6 is 23.2 Å². The third kappa shape index (κ3) is 3.56. The highest BCUT2D eigenvalue weighted by atomic mass is 35.5. The minimum absolute atomic E-state index is 0.000424. The number of hydrogen-bond donors (Lipinski definition) is 1. The van der Waals surface area contributed by atoms with E-state index in [0.717, 1.165) is 4.90 Å². The second-order valence-electron chi connectivity index (χ2n) is 11.1. The molecule has 8 nitrogen and oxygen atoms in total. The number of carbonyl (C=O) groups excluding carboxylic acids is 4. The summed E-state index contributed by atoms with van der Waals surface area (Å²) in [6, 6.07) is 4.14. The number of hydrogen-bond acceptors (Lipinski definition) is 6. The van der Waals surface area contributed by atoms with E-state index in [-0.39, 0.29) is 34.8 Å². The van der Waals surface area contributed by atoms with Gasteiger partial charge in [0.05, 0.1) is 18.4 Å². The summed E-state index contributed by atoms with van der Waals surface area (Å²) in [5.41, 5.74) is -1.78. The molecular formula is C29H21Cl2F5N2O6. The zero-order valence-corrected chi connectivity index (χ0v) is 24.3. The molecule has 3 fully saturated rings. The zero-order valence-electron chi connectivity index (χ0n) is 22.8. The predicted molar refractivity (Wildman–Crippen MR) is 143 cm³/mol. The van der Waals surface area contributed by atoms with Crippen LogP contribution < -0.4 is 9.64 Å². The fourth-order valence-electron chi connectivity index (χ4n) is 7.11. The molecule has 2 heterocycles. The summed E-state index contributed by atoms with van der Waals surface area (Å²) in [4.78, 5) is 49.7. The van der Waals surface area contributed by atoms with E-state index in [0.29, 0.717) is 0 Å². The molecule has 1 saturated carbocycles. The molecule has 6 rings (SSSR count). The summed E-state index contributed by atoms with van der Waals surface area (Å²) in [5, 5.41) is 11.3. The standard InChI is InChI=1S/C29H21Cl2F5N2O6/c1-3-44-14-6-4-5-12(23(14)39)16-10-7-8-11-15(25(41)37(2)24(11)40)13(10)9-28(30)26(42)38(27(43)29(16,28)31)22-20(35)18(33)17(32)19(34)21(22)36/h4-7,11,13,15-16,39H,3,8-9H2,1-2H3/t11-,13+,15-,16+,28+,29-/m0/s1. The maximum Gasteiger partial charge on any atom is 0.258 e. The van der Waals surface area contributed by atoms with Crippen molar-refractivity contribution < 1.29 is 51.0 Å². The van der Waals surface area contributed by atoms with E-state index in [1.54, 1.807) is 6.92 Å². The van der Waals surface area contributed by atoms with Gasteiger partial charge < -0.3 is 9.84 Å². The van der Waals surface area contributed by atoms with Gasteiger partial charge >= 0.3 is 0 Å². The molecule has 0 bridgehead atoms. The molecule has 0 radical (unpaired) electrons. The molecule has 2 aliphatic carbocycles. The van der Waals surface area contributed by atoms with Crippen LogP contribution in [0.25, 0.3) is 0 Å². The van der Waals surface area contributed by atoms with Gasteiger partial charge in [-0.1, -0.05) is 23.8 Å². The molecule has 15 heteroatoms. The Bertz CT molecular complexity index is 1710. The molecule has 2 aliphatic heterocycles. The lowest BCUT2D eigenvalue weighted by molar-refractivity contribution is -0.138. The SMILES string of the molecule is CCOc1cccc([C@H]2C3=CC[C@@H]4C(=O)N(C)C(=O)[C@@H]4[C@@H]3C[C@@]3(Cl)C(=O)N(c4c(F)c(F)c(F)c(F)c4F)C(=O)[C@@]23Cl)c1O. The topological polar surface area (TPSA) is 104 Å². The van der Waals surface area contributed by atoms with Crippen LogP contribution in [0, 0.1) is 46.8 Å². The largest absolute Gasteiger partial charge is 0.504 e. The van der Waals surface area contributed by atoms with Gasteiger partial charge in [0.25, 0.3) is 11.8 Å². The van der Waals surface area contributed by atoms with Crippen LogP contribution in [0.15, 0.2) is 29.8 Å². The molecule has 0 spiro atoms. The van der Waals surface area contributed by atoms with Crippen LogP contribution in [0.4, 0.5) is 27.6 Å². The Hall–Kier alpha value is -3.71. The van der Waals surface area contributed by atoms with E-state index in [1.165, 1.54) is 31.3 Å². The van der Waals surface area contributed by atoms with Crippen LogP contribution in [-0.2, 0) is 19.2 Å². The highest BCUT2D eigenvalue weighted by molar-refractivity contribution is 6.58. The van der Waals surface area contributed by atoms with Gasteiger partial charge in [-0.3, -0.25) is 24.1 Å². The number of para-hydroxylation sites is 1. The van der Waals surface area contributed by atoms with Crippen molar-refractivity contribution in [2.45, 2.75) is 35.4 Å². The Morgan fingerprint density at radius 1 is 0.932 bits per heavy atom. The number of fused-ring (bicyclic) bond motifs is 4. The quantitative estimate of drug-likeness (QED) is 0.128. The number of alkyl halides is 2. The first kappa shape index (κ1) is 30.3. The molecule has 4 aliphatic rings. The second kappa shape index (κ2) is 9.90. The Morgan fingerprint density at radius 3 is 2.16 bits per heavy atom. The normalized spacial score (nSPS) is 31.2. The Labute approximate surface area is 255 Å². The minimum Gasteiger partial charge on any atom is -0.504 e. The summed E-state index contributed by atoms with van der Waals surface area (Å²) >= 11 is 14.0. The first-order valence-electron chi connectivity index (χ1n) is 13.4. The number of anilines is 1. The molecule has 4 amide bonds. The predicted octanol–water partition coefficient (Wildman–Crippen LogP) is 4.68. The van der Waals surface area contributed by atoms with Gasteiger partial charge in [-0.25, -0.2) is 26.9 Å². The van der Waals surface area contributed by atoms with Crippen molar-refractivity contribution in [1.29, 1.82) is 0 Å². The average molecular weight is 659 g/mol. The van der Waals surface area contributed by atoms with Gasteiger partial charge in [0.2, 0.25) is 17.6 Å². The smallest absolute Gasteiger partial charge is 0.258 e. The number of halogens is 7. The van der Waals surface area contributed by atoms with Crippen LogP contribution in [0.5, 0.6) is 11.5 Å². The van der Waals surface area contributed by atoms with Gasteiger partial charge in [-0.05, 0) is 31.7 Å². The number of amides is 4. The van der Waals surface area contributed by atoms with Gasteiger partial charge in [0.15, 0.2) is 44.5 Å². The van der Waals surface area contributed by atoms with E-state index in [2.05, 4.69) is 0 Å². The van der Waals surface area contributed by atoms with E-state index in [4.69, 9.17) is 27.9 Å². The number of likely N-dealkylation sites (tertiary alicyclic amines) is 1. The summed E-state index contributed by atoms with van der Waals surface area (Å²) in [7, 11) is 1.28. The van der Waals surface area contributed by atoms with E-state index in [9.17, 15) is 37.5 Å². The zero-order chi connectivity index (χ0) is 32.2. The molecule has 0 unspecified atom stereocenters. The number of allylic oxidation sites excluding steroid dienone is 2. The van der Waals surface area contributed by atoms with Crippen LogP contribution in [0.3, 0.4) is 0 Å². The summed E-state index contributed by atoms with van der Waals surface area (Å²) in [5.74, 6) is -21.9. The fraction of sp³-hybridized carbons (Fsp3) is 0.379. The van der Waals surface area contributed by atoms with Crippen molar-refractivity contribution in [1.82, 2.24) is 4.90 Å². The molecule has 6 atom stereocenters. The monoisotopic (exact) mass is 658 g/mol. The number of carbonyl (C=O) groups is 4. The lowest BCUT2D eigenvalue weighted by Crippen LogP contribution is -2.60. The Balaban J connectivity index is 1.63. The number of ether oxygens (including phenoxy) is 1. The average Bonchev–Trinajstić information content (AvgIpc) is 3.30. The first-order chi connectivity index (χ1) is 20.6. The fourth-order valence-corrected chi connectivity index (χ4v) is 8.04. The van der Waals surface area contributed by atoms with Gasteiger partial charge in [0.1, 0.15) is 5.69 Å². The van der Waals surface area contributed by atoms with Crippen molar-refractivity contribution in [2.24, 2.45) is 17.8 Å². The summed E-state index contributed by atoms with van der Waals surface area (Å²) in [6.07, 6.45) is 0.906. The van der Waals surface area contributed by atoms with E-state index >= 15 is 8.78 Å². The van der Waals surface area contributed by atoms with Crippen molar-refractivity contribution in [3.63, 3.8) is 0 Å². The summed E-state index contributed by atoms with van der Waals surface area (Å²) < 4.78 is 78.0. The number of nitrogens with zero attached hydrogens (tertiary/aromatic N) is 2. The number of benzene rings is 2. The molecule has 44 heavy (non-hydrogen) atoms. The maximum atomic E-state index is 15.1. The molecule has 2 aromatic carbocycles. The highest BCUT2D eigenvalue weighted by Crippen LogP contribution is 2.67. The number of phenolic OH excluding ortho intramolecular Hbond substituents is 1. The van der Waals surface area contributed by atoms with Crippen LogP contribution in [0.1, 0.15) is 31.2 Å².